The van der Waals surface area contributed by atoms with Gasteiger partial charge in [0.15, 0.2) is 0 Å². The molecule has 2 aromatic heterocycles. The van der Waals surface area contributed by atoms with E-state index in [0.717, 1.165) is 0 Å². The molecule has 0 aliphatic heterocycles. The van der Waals surface area contributed by atoms with Gasteiger partial charge < -0.3 is 9.47 Å². The highest BCUT2D eigenvalue weighted by Crippen LogP contribution is 2.21. The van der Waals surface area contributed by atoms with E-state index < -0.39 is 5.91 Å². The Kier molecular flexibility index (Phi) is 4.77. The van der Waals surface area contributed by atoms with Gasteiger partial charge in [-0.15, -0.1) is 0 Å². The molecule has 0 radical (unpaired) electrons. The van der Waals surface area contributed by atoms with Crippen molar-refractivity contribution in [3.05, 3.63) is 34.1 Å². The minimum atomic E-state index is -0.489. The van der Waals surface area contributed by atoms with Crippen molar-refractivity contribution in [3.8, 4) is 11.8 Å². The lowest BCUT2D eigenvalue weighted by atomic mass is 10.3. The lowest BCUT2D eigenvalue weighted by molar-refractivity contribution is 0.102. The molecule has 0 atom stereocenters. The molecule has 0 spiro atoms. The summed E-state index contributed by atoms with van der Waals surface area (Å²) in [4.78, 5) is 23.8. The first kappa shape index (κ1) is 15.3. The highest BCUT2D eigenvalue weighted by molar-refractivity contribution is 6.41. The molecule has 110 valence electrons. The van der Waals surface area contributed by atoms with Crippen LogP contribution in [0.15, 0.2) is 18.3 Å². The SMILES string of the molecule is COc1cc(OC)nc(NC(=O)c2cnc(Cl)c(Cl)c2)n1. The molecular weight excluding hydrogens is 319 g/mol. The van der Waals surface area contributed by atoms with Gasteiger partial charge in [-0.2, -0.15) is 9.97 Å². The van der Waals surface area contributed by atoms with E-state index in [1.165, 1.54) is 32.5 Å². The molecule has 21 heavy (non-hydrogen) atoms. The summed E-state index contributed by atoms with van der Waals surface area (Å²) in [5.41, 5.74) is 0.217. The van der Waals surface area contributed by atoms with E-state index in [2.05, 4.69) is 20.3 Å². The molecule has 2 aromatic rings. The number of pyridine rings is 1. The monoisotopic (exact) mass is 328 g/mol. The number of rotatable bonds is 4. The molecule has 0 unspecified atom stereocenters. The average molecular weight is 329 g/mol. The smallest absolute Gasteiger partial charge is 0.259 e. The fourth-order valence-electron chi connectivity index (χ4n) is 1.39. The largest absolute Gasteiger partial charge is 0.481 e. The third kappa shape index (κ3) is 3.71. The number of hydrogen-bond acceptors (Lipinski definition) is 6. The summed E-state index contributed by atoms with van der Waals surface area (Å²) in [5.74, 6) is 0.0486. The Morgan fingerprint density at radius 1 is 1.14 bits per heavy atom. The lowest BCUT2D eigenvalue weighted by Gasteiger charge is -2.07. The summed E-state index contributed by atoms with van der Waals surface area (Å²) in [5, 5.41) is 2.78. The number of aromatic nitrogens is 3. The van der Waals surface area contributed by atoms with E-state index in [-0.39, 0.29) is 33.4 Å². The van der Waals surface area contributed by atoms with E-state index >= 15 is 0 Å². The van der Waals surface area contributed by atoms with Crippen molar-refractivity contribution in [2.24, 2.45) is 0 Å². The Bertz CT molecular complexity index is 659. The number of methoxy groups -OCH3 is 2. The molecule has 1 amide bonds. The number of carbonyl (C=O) groups is 1. The average Bonchev–Trinajstić information content (AvgIpc) is 2.49. The summed E-state index contributed by atoms with van der Waals surface area (Å²) >= 11 is 11.5. The lowest BCUT2D eigenvalue weighted by Crippen LogP contribution is -2.15. The quantitative estimate of drug-likeness (QED) is 0.867. The first-order valence-electron chi connectivity index (χ1n) is 5.63. The molecule has 2 rings (SSSR count). The van der Waals surface area contributed by atoms with Gasteiger partial charge in [0.25, 0.3) is 5.91 Å². The van der Waals surface area contributed by atoms with Crippen LogP contribution in [-0.2, 0) is 0 Å². The Balaban J connectivity index is 2.24. The molecule has 2 heterocycles. The van der Waals surface area contributed by atoms with Gasteiger partial charge in [-0.3, -0.25) is 10.1 Å². The molecular formula is C12H10Cl2N4O3. The van der Waals surface area contributed by atoms with Gasteiger partial charge in [0.1, 0.15) is 5.15 Å². The van der Waals surface area contributed by atoms with Gasteiger partial charge in [0.2, 0.25) is 17.7 Å². The second kappa shape index (κ2) is 6.55. The van der Waals surface area contributed by atoms with Crippen LogP contribution < -0.4 is 14.8 Å². The summed E-state index contributed by atoms with van der Waals surface area (Å²) in [6, 6.07) is 2.87. The fourth-order valence-corrected chi connectivity index (χ4v) is 1.66. The van der Waals surface area contributed by atoms with Gasteiger partial charge in [-0.25, -0.2) is 4.98 Å². The molecule has 0 bridgehead atoms. The molecule has 1 N–H and O–H groups in total. The van der Waals surface area contributed by atoms with Crippen molar-refractivity contribution < 1.29 is 14.3 Å². The van der Waals surface area contributed by atoms with Gasteiger partial charge in [-0.05, 0) is 6.07 Å². The summed E-state index contributed by atoms with van der Waals surface area (Å²) in [6.07, 6.45) is 1.29. The Morgan fingerprint density at radius 3 is 2.29 bits per heavy atom. The van der Waals surface area contributed by atoms with Crippen molar-refractivity contribution in [1.82, 2.24) is 15.0 Å². The van der Waals surface area contributed by atoms with E-state index in [0.29, 0.717) is 0 Å². The first-order chi connectivity index (χ1) is 10.0. The van der Waals surface area contributed by atoms with Crippen molar-refractivity contribution in [1.29, 1.82) is 0 Å². The highest BCUT2D eigenvalue weighted by Gasteiger charge is 2.12. The first-order valence-corrected chi connectivity index (χ1v) is 6.38. The Labute approximate surface area is 130 Å². The van der Waals surface area contributed by atoms with Crippen molar-refractivity contribution in [2.45, 2.75) is 0 Å². The number of amides is 1. The fraction of sp³-hybridized carbons (Fsp3) is 0.167. The number of anilines is 1. The summed E-state index contributed by atoms with van der Waals surface area (Å²) in [7, 11) is 2.88. The van der Waals surface area contributed by atoms with Crippen LogP contribution in [0.25, 0.3) is 0 Å². The number of halogens is 2. The second-order valence-electron chi connectivity index (χ2n) is 3.73. The van der Waals surface area contributed by atoms with E-state index in [4.69, 9.17) is 32.7 Å². The van der Waals surface area contributed by atoms with Crippen molar-refractivity contribution >= 4 is 35.1 Å². The van der Waals surface area contributed by atoms with Crippen LogP contribution in [0, 0.1) is 0 Å². The van der Waals surface area contributed by atoms with Gasteiger partial charge >= 0.3 is 0 Å². The van der Waals surface area contributed by atoms with Crippen LogP contribution in [0.3, 0.4) is 0 Å². The van der Waals surface area contributed by atoms with Crippen molar-refractivity contribution in [3.63, 3.8) is 0 Å². The van der Waals surface area contributed by atoms with Crippen molar-refractivity contribution in [2.75, 3.05) is 19.5 Å². The molecule has 0 saturated carbocycles. The van der Waals surface area contributed by atoms with Crippen LogP contribution in [0.5, 0.6) is 11.8 Å². The summed E-state index contributed by atoms with van der Waals surface area (Å²) in [6.45, 7) is 0. The molecule has 0 aliphatic rings. The molecule has 7 nitrogen and oxygen atoms in total. The number of nitrogens with zero attached hydrogens (tertiary/aromatic N) is 3. The minimum absolute atomic E-state index is 0.0299. The molecule has 0 aromatic carbocycles. The maximum atomic E-state index is 12.1. The molecule has 0 fully saturated rings. The van der Waals surface area contributed by atoms with E-state index in [1.54, 1.807) is 0 Å². The number of hydrogen-bond donors (Lipinski definition) is 1. The van der Waals surface area contributed by atoms with E-state index in [1.807, 2.05) is 0 Å². The number of carbonyl (C=O) groups excluding carboxylic acids is 1. The zero-order chi connectivity index (χ0) is 15.4. The highest BCUT2D eigenvalue weighted by atomic mass is 35.5. The third-order valence-corrected chi connectivity index (χ3v) is 3.07. The maximum Gasteiger partial charge on any atom is 0.259 e. The predicted molar refractivity (Wildman–Crippen MR) is 77.3 cm³/mol. The van der Waals surface area contributed by atoms with Crippen LogP contribution in [0.2, 0.25) is 10.2 Å². The van der Waals surface area contributed by atoms with Crippen LogP contribution in [0.1, 0.15) is 10.4 Å². The van der Waals surface area contributed by atoms with Crippen LogP contribution in [-0.4, -0.2) is 35.1 Å². The van der Waals surface area contributed by atoms with Gasteiger partial charge in [-0.1, -0.05) is 23.2 Å². The zero-order valence-corrected chi connectivity index (χ0v) is 12.6. The standard InChI is InChI=1S/C12H10Cl2N4O3/c1-20-8-4-9(21-2)17-12(16-8)18-11(19)6-3-7(13)10(14)15-5-6/h3-5H,1-2H3,(H,16,17,18,19). The minimum Gasteiger partial charge on any atom is -0.481 e. The van der Waals surface area contributed by atoms with Crippen LogP contribution in [0.4, 0.5) is 5.95 Å². The maximum absolute atomic E-state index is 12.1. The molecule has 9 heteroatoms. The van der Waals surface area contributed by atoms with E-state index in [9.17, 15) is 4.79 Å². The van der Waals surface area contributed by atoms with Gasteiger partial charge in [0.05, 0.1) is 30.9 Å². The normalized spacial score (nSPS) is 10.1. The Hall–Kier alpha value is -2.12. The summed E-state index contributed by atoms with van der Waals surface area (Å²) < 4.78 is 9.97. The topological polar surface area (TPSA) is 86.2 Å². The zero-order valence-electron chi connectivity index (χ0n) is 11.1. The number of ether oxygens (including phenoxy) is 2. The third-order valence-electron chi connectivity index (χ3n) is 2.38. The number of nitrogens with one attached hydrogen (secondary N) is 1. The second-order valence-corrected chi connectivity index (χ2v) is 4.49. The van der Waals surface area contributed by atoms with Crippen LogP contribution >= 0.6 is 23.2 Å². The molecule has 0 aliphatic carbocycles. The Morgan fingerprint density at radius 2 is 1.76 bits per heavy atom. The molecule has 0 saturated heterocycles. The predicted octanol–water partition coefficient (Wildman–Crippen LogP) is 2.45. The van der Waals surface area contributed by atoms with Gasteiger partial charge in [0, 0.05) is 6.20 Å².